The molecule has 118 valence electrons. The van der Waals surface area contributed by atoms with Gasteiger partial charge in [-0.05, 0) is 50.0 Å². The molecule has 0 spiro atoms. The molecule has 0 saturated carbocycles. The van der Waals surface area contributed by atoms with Crippen LogP contribution in [-0.4, -0.2) is 17.8 Å². The summed E-state index contributed by atoms with van der Waals surface area (Å²) in [5, 5.41) is 2.91. The van der Waals surface area contributed by atoms with Crippen LogP contribution < -0.4 is 10.1 Å². The van der Waals surface area contributed by atoms with E-state index in [4.69, 9.17) is 0 Å². The van der Waals surface area contributed by atoms with Crippen LogP contribution >= 0.6 is 11.8 Å². The summed E-state index contributed by atoms with van der Waals surface area (Å²) in [5.74, 6) is -0.427. The van der Waals surface area contributed by atoms with Gasteiger partial charge in [0.2, 0.25) is 0 Å². The van der Waals surface area contributed by atoms with E-state index in [1.807, 2.05) is 13.8 Å². The molecule has 0 bridgehead atoms. The number of hydrogen-bond acceptors (Lipinski definition) is 3. The van der Waals surface area contributed by atoms with Crippen molar-refractivity contribution >= 4 is 17.7 Å². The summed E-state index contributed by atoms with van der Waals surface area (Å²) in [7, 11) is 0. The molecule has 1 N–H and O–H groups in total. The topological polar surface area (TPSA) is 38.3 Å². The van der Waals surface area contributed by atoms with E-state index in [-0.39, 0.29) is 17.2 Å². The van der Waals surface area contributed by atoms with Gasteiger partial charge in [-0.3, -0.25) is 4.79 Å². The molecule has 0 unspecified atom stereocenters. The molecule has 0 atom stereocenters. The molecule has 0 aromatic heterocycles. The molecule has 1 aromatic carbocycles. The van der Waals surface area contributed by atoms with Crippen molar-refractivity contribution < 1.29 is 22.7 Å². The zero-order valence-corrected chi connectivity index (χ0v) is 12.8. The second-order valence-electron chi connectivity index (χ2n) is 6.04. The molecule has 1 amide bonds. The van der Waals surface area contributed by atoms with Gasteiger partial charge in [0.05, 0.1) is 4.91 Å². The summed E-state index contributed by atoms with van der Waals surface area (Å²) >= 11 is 1.21. The van der Waals surface area contributed by atoms with Gasteiger partial charge in [0, 0.05) is 10.4 Å². The highest BCUT2D eigenvalue weighted by atomic mass is 32.2. The Morgan fingerprint density at radius 1 is 1.32 bits per heavy atom. The second kappa shape index (κ2) is 4.94. The summed E-state index contributed by atoms with van der Waals surface area (Å²) < 4.78 is 40.8. The Bertz CT molecular complexity index is 680. The smallest absolute Gasteiger partial charge is 0.406 e. The Balaban J connectivity index is 1.90. The summed E-state index contributed by atoms with van der Waals surface area (Å²) in [4.78, 5) is 13.4. The van der Waals surface area contributed by atoms with E-state index in [1.54, 1.807) is 6.07 Å². The van der Waals surface area contributed by atoms with Crippen molar-refractivity contribution in [2.45, 2.75) is 43.5 Å². The number of halogens is 3. The van der Waals surface area contributed by atoms with Crippen molar-refractivity contribution in [3.05, 3.63) is 34.2 Å². The lowest BCUT2D eigenvalue weighted by molar-refractivity contribution is -0.274. The molecule has 0 fully saturated rings. The van der Waals surface area contributed by atoms with E-state index < -0.39 is 6.36 Å². The Hall–Kier alpha value is -1.63. The monoisotopic (exact) mass is 329 g/mol. The number of fused-ring (bicyclic) bond motifs is 1. The zero-order valence-electron chi connectivity index (χ0n) is 12.0. The lowest BCUT2D eigenvalue weighted by atomic mass is 9.87. The molecule has 0 radical (unpaired) electrons. The van der Waals surface area contributed by atoms with Gasteiger partial charge in [0.25, 0.3) is 5.91 Å². The average Bonchev–Trinajstić information content (AvgIpc) is 2.34. The zero-order chi connectivity index (χ0) is 16.1. The second-order valence-corrected chi connectivity index (χ2v) is 7.10. The lowest BCUT2D eigenvalue weighted by Crippen LogP contribution is -2.48. The maximum atomic E-state index is 12.3. The third-order valence-electron chi connectivity index (χ3n) is 3.52. The Morgan fingerprint density at radius 3 is 2.73 bits per heavy atom. The Labute approximate surface area is 129 Å². The first-order valence-corrected chi connectivity index (χ1v) is 7.56. The fourth-order valence-corrected chi connectivity index (χ4v) is 3.86. The molecule has 2 aliphatic heterocycles. The van der Waals surface area contributed by atoms with Gasteiger partial charge in [-0.15, -0.1) is 13.2 Å². The molecule has 2 aliphatic rings. The quantitative estimate of drug-likeness (QED) is 0.852. The molecule has 22 heavy (non-hydrogen) atoms. The van der Waals surface area contributed by atoms with E-state index in [9.17, 15) is 18.0 Å². The van der Waals surface area contributed by atoms with Crippen LogP contribution in [0.5, 0.6) is 5.75 Å². The number of thioether (sulfide) groups is 1. The predicted molar refractivity (Wildman–Crippen MR) is 76.6 cm³/mol. The molecule has 0 saturated heterocycles. The standard InChI is InChI=1S/C15H14F3NO2S/c1-14(2)7-9-5-8-3-4-10(21-15(16,17)18)6-11(8)22-12(9)13(20)19-14/h3-4,6H,5,7H2,1-2H3,(H,19,20). The van der Waals surface area contributed by atoms with Crippen LogP contribution in [-0.2, 0) is 11.2 Å². The molecular formula is C15H14F3NO2S. The maximum absolute atomic E-state index is 12.3. The third-order valence-corrected chi connectivity index (χ3v) is 4.80. The number of nitrogens with one attached hydrogen (secondary N) is 1. The number of carbonyl (C=O) groups excluding carboxylic acids is 1. The molecular weight excluding hydrogens is 315 g/mol. The van der Waals surface area contributed by atoms with Gasteiger partial charge in [0.1, 0.15) is 5.75 Å². The van der Waals surface area contributed by atoms with Crippen molar-refractivity contribution in [2.75, 3.05) is 0 Å². The van der Waals surface area contributed by atoms with Crippen molar-refractivity contribution in [2.24, 2.45) is 0 Å². The Kier molecular flexibility index (Phi) is 3.43. The van der Waals surface area contributed by atoms with Gasteiger partial charge < -0.3 is 10.1 Å². The van der Waals surface area contributed by atoms with Crippen LogP contribution in [0.4, 0.5) is 13.2 Å². The van der Waals surface area contributed by atoms with Gasteiger partial charge in [-0.1, -0.05) is 17.8 Å². The van der Waals surface area contributed by atoms with Crippen molar-refractivity contribution in [1.82, 2.24) is 5.32 Å². The molecule has 2 heterocycles. The first-order valence-electron chi connectivity index (χ1n) is 6.74. The molecule has 3 nitrogen and oxygen atoms in total. The van der Waals surface area contributed by atoms with E-state index in [0.29, 0.717) is 16.2 Å². The van der Waals surface area contributed by atoms with E-state index in [2.05, 4.69) is 10.1 Å². The number of ether oxygens (including phenoxy) is 1. The highest BCUT2D eigenvalue weighted by Gasteiger charge is 2.36. The summed E-state index contributed by atoms with van der Waals surface area (Å²) in [6.45, 7) is 3.91. The fraction of sp³-hybridized carbons (Fsp3) is 0.400. The van der Waals surface area contributed by atoms with Gasteiger partial charge in [-0.2, -0.15) is 0 Å². The van der Waals surface area contributed by atoms with Crippen LogP contribution in [0.3, 0.4) is 0 Å². The van der Waals surface area contributed by atoms with E-state index in [0.717, 1.165) is 17.6 Å². The first-order chi connectivity index (χ1) is 10.1. The van der Waals surface area contributed by atoms with Crippen molar-refractivity contribution in [3.63, 3.8) is 0 Å². The van der Waals surface area contributed by atoms with Crippen LogP contribution in [0, 0.1) is 0 Å². The number of amides is 1. The van der Waals surface area contributed by atoms with Crippen LogP contribution in [0.1, 0.15) is 25.8 Å². The molecule has 1 aromatic rings. The summed E-state index contributed by atoms with van der Waals surface area (Å²) in [6.07, 6.45) is -3.40. The van der Waals surface area contributed by atoms with E-state index in [1.165, 1.54) is 23.9 Å². The number of rotatable bonds is 1. The highest BCUT2D eigenvalue weighted by Crippen LogP contribution is 2.44. The van der Waals surface area contributed by atoms with Crippen LogP contribution in [0.25, 0.3) is 0 Å². The number of carbonyl (C=O) groups is 1. The van der Waals surface area contributed by atoms with Crippen molar-refractivity contribution in [1.29, 1.82) is 0 Å². The highest BCUT2D eigenvalue weighted by molar-refractivity contribution is 8.04. The average molecular weight is 329 g/mol. The molecule has 3 rings (SSSR count). The number of alkyl halides is 3. The number of benzene rings is 1. The first kappa shape index (κ1) is 15.3. The molecule has 7 heteroatoms. The molecule has 0 aliphatic carbocycles. The normalized spacial score (nSPS) is 20.1. The van der Waals surface area contributed by atoms with Gasteiger partial charge in [-0.25, -0.2) is 0 Å². The Morgan fingerprint density at radius 2 is 2.05 bits per heavy atom. The fourth-order valence-electron chi connectivity index (χ4n) is 2.76. The van der Waals surface area contributed by atoms with Crippen molar-refractivity contribution in [3.8, 4) is 5.75 Å². The summed E-state index contributed by atoms with van der Waals surface area (Å²) in [5.41, 5.74) is 1.66. The minimum Gasteiger partial charge on any atom is -0.406 e. The summed E-state index contributed by atoms with van der Waals surface area (Å²) in [6, 6.07) is 4.28. The predicted octanol–water partition coefficient (Wildman–Crippen LogP) is 3.79. The largest absolute Gasteiger partial charge is 0.573 e. The SMILES string of the molecule is CC1(C)CC2=C(Sc3cc(OC(F)(F)F)ccc3C2)C(=O)N1. The minimum atomic E-state index is -4.72. The number of hydrogen-bond donors (Lipinski definition) is 1. The van der Waals surface area contributed by atoms with Crippen LogP contribution in [0.2, 0.25) is 0 Å². The van der Waals surface area contributed by atoms with Gasteiger partial charge in [0.15, 0.2) is 0 Å². The lowest BCUT2D eigenvalue weighted by Gasteiger charge is -2.36. The van der Waals surface area contributed by atoms with E-state index >= 15 is 0 Å². The van der Waals surface area contributed by atoms with Crippen LogP contribution in [0.15, 0.2) is 33.6 Å². The minimum absolute atomic E-state index is 0.163. The third kappa shape index (κ3) is 3.09. The maximum Gasteiger partial charge on any atom is 0.573 e. The van der Waals surface area contributed by atoms with Gasteiger partial charge >= 0.3 is 6.36 Å².